The van der Waals surface area contributed by atoms with Gasteiger partial charge in [-0.05, 0) is 60.9 Å². The summed E-state index contributed by atoms with van der Waals surface area (Å²) in [4.78, 5) is 36.9. The highest BCUT2D eigenvalue weighted by atomic mass is 35.5. The molecule has 7 nitrogen and oxygen atoms in total. The van der Waals surface area contributed by atoms with Gasteiger partial charge in [0.1, 0.15) is 11.5 Å². The Labute approximate surface area is 220 Å². The van der Waals surface area contributed by atoms with Crippen LogP contribution < -0.4 is 9.64 Å². The Morgan fingerprint density at radius 1 is 1.14 bits per heavy atom. The predicted molar refractivity (Wildman–Crippen MR) is 141 cm³/mol. The van der Waals surface area contributed by atoms with E-state index in [4.69, 9.17) is 27.9 Å². The number of amides is 1. The number of thiazole rings is 1. The number of halogens is 2. The standard InChI is InChI=1S/C26H19Cl2N3O4S/c1-12-7-15(24(35-3)17(28)8-12)22(32)20-21(14-5-4-6-29-11-14)31(25(34)23(20)33)26-30-18-10-16(27)13(2)9-19(18)36-26/h4-11,21,32H,1-3H3/b22-20+. The maximum Gasteiger partial charge on any atom is 0.301 e. The van der Waals surface area contributed by atoms with Crippen molar-refractivity contribution in [3.8, 4) is 5.75 Å². The van der Waals surface area contributed by atoms with Crippen LogP contribution in [0.3, 0.4) is 0 Å². The molecule has 36 heavy (non-hydrogen) atoms. The summed E-state index contributed by atoms with van der Waals surface area (Å²) < 4.78 is 6.23. The highest BCUT2D eigenvalue weighted by molar-refractivity contribution is 7.22. The van der Waals surface area contributed by atoms with Gasteiger partial charge in [-0.25, -0.2) is 4.98 Å². The number of rotatable bonds is 4. The van der Waals surface area contributed by atoms with Gasteiger partial charge >= 0.3 is 5.91 Å². The molecule has 10 heteroatoms. The normalized spacial score (nSPS) is 17.2. The van der Waals surface area contributed by atoms with Crippen molar-refractivity contribution in [2.75, 3.05) is 12.0 Å². The van der Waals surface area contributed by atoms with E-state index in [1.807, 2.05) is 13.0 Å². The number of aliphatic hydroxyl groups is 1. The number of aromatic nitrogens is 2. The lowest BCUT2D eigenvalue weighted by Crippen LogP contribution is -2.29. The first-order valence-corrected chi connectivity index (χ1v) is 12.4. The Bertz CT molecular complexity index is 1540. The van der Waals surface area contributed by atoms with Crippen LogP contribution in [0.4, 0.5) is 5.13 Å². The van der Waals surface area contributed by atoms with Crippen LogP contribution >= 0.6 is 34.5 Å². The Morgan fingerprint density at radius 3 is 2.61 bits per heavy atom. The average molecular weight is 540 g/mol. The van der Waals surface area contributed by atoms with Gasteiger partial charge in [-0.2, -0.15) is 0 Å². The maximum absolute atomic E-state index is 13.4. The minimum Gasteiger partial charge on any atom is -0.507 e. The molecule has 1 fully saturated rings. The maximum atomic E-state index is 13.4. The zero-order valence-electron chi connectivity index (χ0n) is 19.4. The second-order valence-corrected chi connectivity index (χ2v) is 10.2. The minimum atomic E-state index is -0.972. The van der Waals surface area contributed by atoms with Crippen molar-refractivity contribution in [1.82, 2.24) is 9.97 Å². The fraction of sp³-hybridized carbons (Fsp3) is 0.154. The molecule has 1 aliphatic rings. The molecule has 0 aliphatic carbocycles. The lowest BCUT2D eigenvalue weighted by molar-refractivity contribution is -0.132. The number of Topliss-reactive ketones (excluding diaryl/α,β-unsaturated/α-hetero) is 1. The summed E-state index contributed by atoms with van der Waals surface area (Å²) >= 11 is 13.9. The minimum absolute atomic E-state index is 0.110. The summed E-state index contributed by atoms with van der Waals surface area (Å²) in [6.07, 6.45) is 3.13. The molecular formula is C26H19Cl2N3O4S. The SMILES string of the molecule is COc1c(Cl)cc(C)cc1/C(O)=C1\C(=O)C(=O)N(c2nc3cc(Cl)c(C)cc3s2)C1c1cccnc1. The summed E-state index contributed by atoms with van der Waals surface area (Å²) in [6, 6.07) is 9.40. The predicted octanol–water partition coefficient (Wildman–Crippen LogP) is 6.25. The van der Waals surface area contributed by atoms with Crippen LogP contribution in [0.1, 0.15) is 28.3 Å². The van der Waals surface area contributed by atoms with E-state index in [1.165, 1.54) is 23.3 Å². The van der Waals surface area contributed by atoms with Gasteiger partial charge in [0, 0.05) is 17.4 Å². The Kier molecular flexibility index (Phi) is 6.20. The molecule has 0 radical (unpaired) electrons. The van der Waals surface area contributed by atoms with Gasteiger partial charge in [-0.3, -0.25) is 19.5 Å². The van der Waals surface area contributed by atoms with Crippen molar-refractivity contribution >= 4 is 67.3 Å². The fourth-order valence-corrected chi connectivity index (χ4v) is 5.86. The molecule has 0 bridgehead atoms. The molecule has 182 valence electrons. The third kappa shape index (κ3) is 3.91. The molecule has 1 amide bonds. The van der Waals surface area contributed by atoms with Gasteiger partial charge in [-0.15, -0.1) is 0 Å². The topological polar surface area (TPSA) is 92.6 Å². The van der Waals surface area contributed by atoms with Gasteiger partial charge < -0.3 is 9.84 Å². The van der Waals surface area contributed by atoms with Crippen molar-refractivity contribution in [2.24, 2.45) is 0 Å². The van der Waals surface area contributed by atoms with Crippen molar-refractivity contribution in [3.05, 3.63) is 86.7 Å². The summed E-state index contributed by atoms with van der Waals surface area (Å²) in [6.45, 7) is 3.68. The van der Waals surface area contributed by atoms with Gasteiger partial charge in [0.05, 0.1) is 39.5 Å². The number of hydrogen-bond acceptors (Lipinski definition) is 7. The smallest absolute Gasteiger partial charge is 0.301 e. The second kappa shape index (κ2) is 9.20. The monoisotopic (exact) mass is 539 g/mol. The third-order valence-corrected chi connectivity index (χ3v) is 7.66. The molecule has 1 unspecified atom stereocenters. The highest BCUT2D eigenvalue weighted by Crippen LogP contribution is 2.46. The molecule has 1 N–H and O–H groups in total. The molecular weight excluding hydrogens is 521 g/mol. The molecule has 1 saturated heterocycles. The number of ether oxygens (including phenoxy) is 1. The van der Waals surface area contributed by atoms with E-state index in [1.54, 1.807) is 49.6 Å². The Hall–Kier alpha value is -3.46. The van der Waals surface area contributed by atoms with E-state index in [0.717, 1.165) is 15.8 Å². The summed E-state index contributed by atoms with van der Waals surface area (Å²) in [5.74, 6) is -1.87. The zero-order valence-corrected chi connectivity index (χ0v) is 21.7. The lowest BCUT2D eigenvalue weighted by atomic mass is 9.95. The largest absolute Gasteiger partial charge is 0.507 e. The first kappa shape index (κ1) is 24.2. The van der Waals surface area contributed by atoms with Crippen molar-refractivity contribution < 1.29 is 19.4 Å². The van der Waals surface area contributed by atoms with Gasteiger partial charge in [0.15, 0.2) is 5.13 Å². The van der Waals surface area contributed by atoms with E-state index < -0.39 is 23.5 Å². The molecule has 3 heterocycles. The first-order chi connectivity index (χ1) is 17.2. The van der Waals surface area contributed by atoms with Crippen LogP contribution in [-0.2, 0) is 9.59 Å². The van der Waals surface area contributed by atoms with Crippen LogP contribution in [-0.4, -0.2) is 33.9 Å². The number of nitrogens with zero attached hydrogens (tertiary/aromatic N) is 3. The summed E-state index contributed by atoms with van der Waals surface area (Å²) in [7, 11) is 1.42. The Morgan fingerprint density at radius 2 is 1.92 bits per heavy atom. The highest BCUT2D eigenvalue weighted by Gasteiger charge is 2.48. The number of aryl methyl sites for hydroxylation is 2. The number of benzene rings is 2. The molecule has 0 spiro atoms. The number of anilines is 1. The molecule has 2 aromatic carbocycles. The quantitative estimate of drug-likeness (QED) is 0.187. The number of carbonyl (C=O) groups excluding carboxylic acids is 2. The van der Waals surface area contributed by atoms with Crippen LogP contribution in [0.15, 0.2) is 54.4 Å². The fourth-order valence-electron chi connectivity index (χ4n) is 4.28. The number of ketones is 1. The Balaban J connectivity index is 1.77. The number of aliphatic hydroxyl groups excluding tert-OH is 1. The van der Waals surface area contributed by atoms with E-state index in [-0.39, 0.29) is 21.9 Å². The van der Waals surface area contributed by atoms with Crippen LogP contribution in [0.5, 0.6) is 5.75 Å². The van der Waals surface area contributed by atoms with Crippen molar-refractivity contribution in [3.63, 3.8) is 0 Å². The van der Waals surface area contributed by atoms with E-state index in [0.29, 0.717) is 21.2 Å². The number of fused-ring (bicyclic) bond motifs is 1. The summed E-state index contributed by atoms with van der Waals surface area (Å²) in [5.41, 5.74) is 2.85. The van der Waals surface area contributed by atoms with Crippen LogP contribution in [0.2, 0.25) is 10.0 Å². The van der Waals surface area contributed by atoms with E-state index in [9.17, 15) is 14.7 Å². The zero-order chi connectivity index (χ0) is 25.7. The molecule has 1 aliphatic heterocycles. The number of carbonyl (C=O) groups is 2. The second-order valence-electron chi connectivity index (χ2n) is 8.35. The van der Waals surface area contributed by atoms with Crippen LogP contribution in [0.25, 0.3) is 16.0 Å². The average Bonchev–Trinajstić information content (AvgIpc) is 3.36. The van der Waals surface area contributed by atoms with E-state index in [2.05, 4.69) is 9.97 Å². The van der Waals surface area contributed by atoms with Crippen LogP contribution in [0, 0.1) is 13.8 Å². The van der Waals surface area contributed by atoms with Gasteiger partial charge in [-0.1, -0.05) is 40.6 Å². The third-order valence-electron chi connectivity index (χ3n) is 5.96. The molecule has 5 rings (SSSR count). The van der Waals surface area contributed by atoms with Gasteiger partial charge in [0.25, 0.3) is 5.78 Å². The van der Waals surface area contributed by atoms with Crippen molar-refractivity contribution in [2.45, 2.75) is 19.9 Å². The molecule has 4 aromatic rings. The van der Waals surface area contributed by atoms with Gasteiger partial charge in [0.2, 0.25) is 0 Å². The molecule has 0 saturated carbocycles. The van der Waals surface area contributed by atoms with Crippen molar-refractivity contribution in [1.29, 1.82) is 0 Å². The number of hydrogen-bond donors (Lipinski definition) is 1. The molecule has 1 atom stereocenters. The lowest BCUT2D eigenvalue weighted by Gasteiger charge is -2.23. The summed E-state index contributed by atoms with van der Waals surface area (Å²) in [5, 5.41) is 12.6. The molecule has 2 aromatic heterocycles. The van der Waals surface area contributed by atoms with E-state index >= 15 is 0 Å². The number of methoxy groups -OCH3 is 1. The first-order valence-electron chi connectivity index (χ1n) is 10.8. The number of pyridine rings is 1.